The lowest BCUT2D eigenvalue weighted by Crippen LogP contribution is -2.35. The smallest absolute Gasteiger partial charge is 0.306 e. The average Bonchev–Trinajstić information content (AvgIpc) is 2.64. The van der Waals surface area contributed by atoms with Gasteiger partial charge in [0, 0.05) is 12.5 Å². The molecule has 7 nitrogen and oxygen atoms in total. The molecule has 0 fully saturated rings. The molecule has 1 heterocycles. The number of benzene rings is 1. The largest absolute Gasteiger partial charge is 0.456 e. The van der Waals surface area contributed by atoms with Crippen molar-refractivity contribution in [2.24, 2.45) is 5.92 Å². The van der Waals surface area contributed by atoms with Gasteiger partial charge >= 0.3 is 5.97 Å². The molecule has 1 amide bonds. The summed E-state index contributed by atoms with van der Waals surface area (Å²) in [5.41, 5.74) is 0.347. The molecule has 0 saturated carbocycles. The summed E-state index contributed by atoms with van der Waals surface area (Å²) in [7, 11) is 0. The predicted molar refractivity (Wildman–Crippen MR) is 108 cm³/mol. The van der Waals surface area contributed by atoms with E-state index in [-0.39, 0.29) is 37.0 Å². The van der Waals surface area contributed by atoms with E-state index in [2.05, 4.69) is 29.1 Å². The minimum absolute atomic E-state index is 0.0402. The number of carbonyl (C=O) groups excluding carboxylic acids is 2. The Bertz CT molecular complexity index is 860. The fourth-order valence-electron chi connectivity index (χ4n) is 2.91. The van der Waals surface area contributed by atoms with Gasteiger partial charge in [-0.2, -0.15) is 0 Å². The summed E-state index contributed by atoms with van der Waals surface area (Å²) in [6.07, 6.45) is 3.36. The van der Waals surface area contributed by atoms with Crippen LogP contribution in [0, 0.1) is 5.92 Å². The number of hydrogen-bond donors (Lipinski definition) is 2. The summed E-state index contributed by atoms with van der Waals surface area (Å²) < 4.78 is 5.02. The van der Waals surface area contributed by atoms with Crippen LogP contribution < -0.4 is 10.9 Å². The molecule has 0 bridgehead atoms. The maximum atomic E-state index is 12.0. The van der Waals surface area contributed by atoms with Crippen LogP contribution in [0.3, 0.4) is 0 Å². The van der Waals surface area contributed by atoms with Crippen LogP contribution in [0.25, 0.3) is 10.9 Å². The molecule has 1 atom stereocenters. The summed E-state index contributed by atoms with van der Waals surface area (Å²) >= 11 is 0. The molecule has 1 aromatic carbocycles. The van der Waals surface area contributed by atoms with E-state index in [9.17, 15) is 14.4 Å². The Morgan fingerprint density at radius 1 is 1.18 bits per heavy atom. The topological polar surface area (TPSA) is 101 Å². The summed E-state index contributed by atoms with van der Waals surface area (Å²) in [4.78, 5) is 42.8. The van der Waals surface area contributed by atoms with Crippen molar-refractivity contribution in [2.45, 2.75) is 58.9 Å². The molecule has 1 aromatic heterocycles. The highest BCUT2D eigenvalue weighted by atomic mass is 16.5. The number of para-hydroxylation sites is 1. The van der Waals surface area contributed by atoms with Crippen molar-refractivity contribution in [3.63, 3.8) is 0 Å². The Hall–Kier alpha value is -2.70. The van der Waals surface area contributed by atoms with E-state index in [0.29, 0.717) is 22.6 Å². The van der Waals surface area contributed by atoms with E-state index in [0.717, 1.165) is 19.3 Å². The van der Waals surface area contributed by atoms with Crippen LogP contribution in [-0.4, -0.2) is 34.5 Å². The molecular weight excluding hydrogens is 358 g/mol. The third-order valence-electron chi connectivity index (χ3n) is 4.42. The van der Waals surface area contributed by atoms with Gasteiger partial charge in [-0.15, -0.1) is 0 Å². The monoisotopic (exact) mass is 387 g/mol. The van der Waals surface area contributed by atoms with Crippen molar-refractivity contribution in [1.82, 2.24) is 15.3 Å². The highest BCUT2D eigenvalue weighted by Gasteiger charge is 2.12. The summed E-state index contributed by atoms with van der Waals surface area (Å²) in [5, 5.41) is 3.34. The first-order valence-corrected chi connectivity index (χ1v) is 9.78. The standard InChI is InChI=1S/C21H29N3O4/c1-14(2)7-6-8-15(3)22-19(25)13-28-20(26)12-11-18-23-17-10-5-4-9-16(17)21(27)24-18/h4-5,9-10,14-15H,6-8,11-13H2,1-3H3,(H,22,25)(H,23,24,27)/t15-/m1/s1. The molecule has 0 aliphatic carbocycles. The van der Waals surface area contributed by atoms with E-state index in [1.165, 1.54) is 0 Å². The number of nitrogens with zero attached hydrogens (tertiary/aromatic N) is 1. The average molecular weight is 387 g/mol. The summed E-state index contributed by atoms with van der Waals surface area (Å²) in [6, 6.07) is 7.07. The quantitative estimate of drug-likeness (QED) is 0.611. The Morgan fingerprint density at radius 2 is 1.93 bits per heavy atom. The van der Waals surface area contributed by atoms with Crippen LogP contribution in [0.2, 0.25) is 0 Å². The number of aromatic nitrogens is 2. The maximum absolute atomic E-state index is 12.0. The van der Waals surface area contributed by atoms with E-state index in [1.54, 1.807) is 24.3 Å². The normalized spacial score (nSPS) is 12.1. The fraction of sp³-hybridized carbons (Fsp3) is 0.524. The second-order valence-corrected chi connectivity index (χ2v) is 7.48. The molecule has 0 unspecified atom stereocenters. The summed E-state index contributed by atoms with van der Waals surface area (Å²) in [5.74, 6) is 0.265. The Labute approximate surface area is 164 Å². The molecule has 152 valence electrons. The van der Waals surface area contributed by atoms with Crippen molar-refractivity contribution in [3.05, 3.63) is 40.4 Å². The number of rotatable bonds is 10. The molecule has 0 aliphatic rings. The van der Waals surface area contributed by atoms with Gasteiger partial charge in [-0.05, 0) is 31.4 Å². The number of nitrogens with one attached hydrogen (secondary N) is 2. The number of hydrogen-bond acceptors (Lipinski definition) is 5. The van der Waals surface area contributed by atoms with Gasteiger partial charge in [-0.3, -0.25) is 14.4 Å². The van der Waals surface area contributed by atoms with Crippen LogP contribution in [0.4, 0.5) is 0 Å². The second kappa shape index (κ2) is 10.6. The van der Waals surface area contributed by atoms with Crippen LogP contribution >= 0.6 is 0 Å². The van der Waals surface area contributed by atoms with E-state index >= 15 is 0 Å². The number of aryl methyl sites for hydroxylation is 1. The predicted octanol–water partition coefficient (Wildman–Crippen LogP) is 2.73. The minimum Gasteiger partial charge on any atom is -0.456 e. The number of aromatic amines is 1. The SMILES string of the molecule is CC(C)CCC[C@@H](C)NC(=O)COC(=O)CCc1nc2ccccc2c(=O)[nH]1. The molecular formula is C21H29N3O4. The van der Waals surface area contributed by atoms with Gasteiger partial charge in [0.1, 0.15) is 5.82 Å². The van der Waals surface area contributed by atoms with Gasteiger partial charge in [0.15, 0.2) is 6.61 Å². The van der Waals surface area contributed by atoms with E-state index in [4.69, 9.17) is 4.74 Å². The van der Waals surface area contributed by atoms with Gasteiger partial charge in [0.2, 0.25) is 0 Å². The lowest BCUT2D eigenvalue weighted by molar-refractivity contribution is -0.148. The molecule has 28 heavy (non-hydrogen) atoms. The Morgan fingerprint density at radius 3 is 2.68 bits per heavy atom. The van der Waals surface area contributed by atoms with Gasteiger partial charge in [0.25, 0.3) is 11.5 Å². The third-order valence-corrected chi connectivity index (χ3v) is 4.42. The zero-order valence-electron chi connectivity index (χ0n) is 16.8. The van der Waals surface area contributed by atoms with Crippen molar-refractivity contribution < 1.29 is 14.3 Å². The van der Waals surface area contributed by atoms with Crippen molar-refractivity contribution in [2.75, 3.05) is 6.61 Å². The lowest BCUT2D eigenvalue weighted by Gasteiger charge is -2.14. The van der Waals surface area contributed by atoms with Crippen LogP contribution in [0.15, 0.2) is 29.1 Å². The van der Waals surface area contributed by atoms with Gasteiger partial charge in [-0.1, -0.05) is 38.8 Å². The molecule has 0 saturated heterocycles. The van der Waals surface area contributed by atoms with Crippen molar-refractivity contribution in [3.8, 4) is 0 Å². The zero-order chi connectivity index (χ0) is 20.5. The maximum Gasteiger partial charge on any atom is 0.306 e. The van der Waals surface area contributed by atoms with Crippen molar-refractivity contribution >= 4 is 22.8 Å². The molecule has 0 spiro atoms. The molecule has 0 radical (unpaired) electrons. The van der Waals surface area contributed by atoms with Gasteiger partial charge in [0.05, 0.1) is 17.3 Å². The number of amides is 1. The minimum atomic E-state index is -0.501. The third kappa shape index (κ3) is 7.13. The van der Waals surface area contributed by atoms with Crippen molar-refractivity contribution in [1.29, 1.82) is 0 Å². The first kappa shape index (κ1) is 21.6. The molecule has 7 heteroatoms. The number of ether oxygens (including phenoxy) is 1. The lowest BCUT2D eigenvalue weighted by atomic mass is 10.0. The van der Waals surface area contributed by atoms with Gasteiger partial charge in [-0.25, -0.2) is 4.98 Å². The number of carbonyl (C=O) groups is 2. The number of fused-ring (bicyclic) bond motifs is 1. The molecule has 2 aromatic rings. The number of esters is 1. The Balaban J connectivity index is 1.72. The zero-order valence-corrected chi connectivity index (χ0v) is 16.8. The van der Waals surface area contributed by atoms with E-state index in [1.807, 2.05) is 6.92 Å². The van der Waals surface area contributed by atoms with Crippen LogP contribution in [-0.2, 0) is 20.7 Å². The highest BCUT2D eigenvalue weighted by molar-refractivity contribution is 5.81. The first-order chi connectivity index (χ1) is 13.3. The molecule has 0 aliphatic heterocycles. The fourth-order valence-corrected chi connectivity index (χ4v) is 2.91. The summed E-state index contributed by atoms with van der Waals surface area (Å²) in [6.45, 7) is 5.99. The van der Waals surface area contributed by atoms with Crippen LogP contribution in [0.1, 0.15) is 52.3 Å². The van der Waals surface area contributed by atoms with E-state index < -0.39 is 5.97 Å². The number of H-pyrrole nitrogens is 1. The second-order valence-electron chi connectivity index (χ2n) is 7.48. The first-order valence-electron chi connectivity index (χ1n) is 9.78. The van der Waals surface area contributed by atoms with Crippen LogP contribution in [0.5, 0.6) is 0 Å². The molecule has 2 rings (SSSR count). The molecule has 2 N–H and O–H groups in total. The Kier molecular flexibility index (Phi) is 8.17. The van der Waals surface area contributed by atoms with Gasteiger partial charge < -0.3 is 15.0 Å². The highest BCUT2D eigenvalue weighted by Crippen LogP contribution is 2.08.